The van der Waals surface area contributed by atoms with Crippen molar-refractivity contribution < 1.29 is 4.79 Å². The monoisotopic (exact) mass is 223 g/mol. The molecular weight excluding hydrogens is 202 g/mol. The molecule has 0 saturated heterocycles. The zero-order valence-electron chi connectivity index (χ0n) is 10.4. The minimum Gasteiger partial charge on any atom is -0.352 e. The van der Waals surface area contributed by atoms with Crippen molar-refractivity contribution in [3.8, 4) is 0 Å². The summed E-state index contributed by atoms with van der Waals surface area (Å²) >= 11 is 0. The first kappa shape index (κ1) is 14.6. The number of rotatable bonds is 4. The van der Waals surface area contributed by atoms with Gasteiger partial charge < -0.3 is 5.32 Å². The van der Waals surface area contributed by atoms with E-state index in [0.717, 1.165) is 19.4 Å². The van der Waals surface area contributed by atoms with Gasteiger partial charge in [0.2, 0.25) is 0 Å². The van der Waals surface area contributed by atoms with Crippen molar-refractivity contribution in [3.05, 3.63) is 24.0 Å². The summed E-state index contributed by atoms with van der Waals surface area (Å²) in [5.41, 5.74) is 0.561. The summed E-state index contributed by atoms with van der Waals surface area (Å²) in [5.74, 6) is -0.0802. The van der Waals surface area contributed by atoms with E-state index in [0.29, 0.717) is 5.56 Å². The number of hydrogen-bond donors (Lipinski definition) is 1. The van der Waals surface area contributed by atoms with E-state index in [4.69, 9.17) is 0 Å². The largest absolute Gasteiger partial charge is 0.352 e. The first-order valence-electron chi connectivity index (χ1n) is 5.81. The zero-order chi connectivity index (χ0) is 12.2. The van der Waals surface area contributed by atoms with Crippen molar-refractivity contribution in [1.82, 2.24) is 15.5 Å². The van der Waals surface area contributed by atoms with Crippen molar-refractivity contribution in [2.45, 2.75) is 40.0 Å². The van der Waals surface area contributed by atoms with Crippen LogP contribution < -0.4 is 5.32 Å². The van der Waals surface area contributed by atoms with E-state index in [1.165, 1.54) is 18.8 Å². The lowest BCUT2D eigenvalue weighted by Gasteiger charge is -2.02. The van der Waals surface area contributed by atoms with E-state index in [2.05, 4.69) is 36.3 Å². The third-order valence-corrected chi connectivity index (χ3v) is 1.66. The number of nitrogens with one attached hydrogen (secondary N) is 1. The average molecular weight is 223 g/mol. The Hall–Kier alpha value is -1.45. The molecule has 4 heteroatoms. The number of aromatic nitrogens is 2. The fraction of sp³-hybridized carbons (Fsp3) is 0.583. The number of nitrogens with zero attached hydrogens (tertiary/aromatic N) is 2. The molecule has 0 saturated carbocycles. The molecule has 0 atom stereocenters. The van der Waals surface area contributed by atoms with E-state index in [9.17, 15) is 4.79 Å². The minimum absolute atomic E-state index is 0.0802. The van der Waals surface area contributed by atoms with Gasteiger partial charge in [-0.05, 0) is 12.5 Å². The molecule has 0 radical (unpaired) electrons. The van der Waals surface area contributed by atoms with Crippen LogP contribution in [0.25, 0.3) is 0 Å². The van der Waals surface area contributed by atoms with Gasteiger partial charge in [-0.15, -0.1) is 0 Å². The maximum Gasteiger partial charge on any atom is 0.252 e. The van der Waals surface area contributed by atoms with E-state index in [1.807, 2.05) is 0 Å². The summed E-state index contributed by atoms with van der Waals surface area (Å²) in [6.07, 6.45) is 6.30. The first-order valence-corrected chi connectivity index (χ1v) is 5.81. The summed E-state index contributed by atoms with van der Waals surface area (Å²) in [7, 11) is 0. The Kier molecular flexibility index (Phi) is 9.17. The number of hydrogen-bond acceptors (Lipinski definition) is 3. The highest BCUT2D eigenvalue weighted by Crippen LogP contribution is 1.93. The van der Waals surface area contributed by atoms with E-state index in [-0.39, 0.29) is 5.91 Å². The molecule has 0 aliphatic carbocycles. The molecule has 0 aliphatic heterocycles. The molecule has 0 unspecified atom stereocenters. The van der Waals surface area contributed by atoms with Crippen LogP contribution in [0.3, 0.4) is 0 Å². The van der Waals surface area contributed by atoms with Crippen LogP contribution in [0.15, 0.2) is 18.5 Å². The molecule has 4 nitrogen and oxygen atoms in total. The Morgan fingerprint density at radius 3 is 2.50 bits per heavy atom. The normalized spacial score (nSPS) is 8.94. The highest BCUT2D eigenvalue weighted by atomic mass is 16.1. The topological polar surface area (TPSA) is 54.9 Å². The van der Waals surface area contributed by atoms with Crippen LogP contribution in [0.4, 0.5) is 0 Å². The van der Waals surface area contributed by atoms with E-state index >= 15 is 0 Å². The quantitative estimate of drug-likeness (QED) is 0.797. The second-order valence-electron chi connectivity index (χ2n) is 3.45. The van der Waals surface area contributed by atoms with Gasteiger partial charge in [-0.3, -0.25) is 4.79 Å². The number of amides is 1. The molecule has 1 aromatic rings. The second kappa shape index (κ2) is 10.1. The van der Waals surface area contributed by atoms with E-state index < -0.39 is 0 Å². The van der Waals surface area contributed by atoms with Crippen LogP contribution in [0.1, 0.15) is 50.4 Å². The highest BCUT2D eigenvalue weighted by Gasteiger charge is 2.02. The van der Waals surface area contributed by atoms with E-state index in [1.54, 1.807) is 6.07 Å². The molecule has 90 valence electrons. The number of carbonyl (C=O) groups is 1. The van der Waals surface area contributed by atoms with Crippen molar-refractivity contribution >= 4 is 5.91 Å². The molecule has 0 aliphatic rings. The van der Waals surface area contributed by atoms with Gasteiger partial charge >= 0.3 is 0 Å². The van der Waals surface area contributed by atoms with Crippen LogP contribution in [0.2, 0.25) is 0 Å². The number of unbranched alkanes of at least 4 members (excludes halogenated alkanes) is 1. The van der Waals surface area contributed by atoms with Crippen LogP contribution >= 0.6 is 0 Å². The minimum atomic E-state index is -0.0802. The molecule has 0 fully saturated rings. The van der Waals surface area contributed by atoms with Gasteiger partial charge in [-0.1, -0.05) is 33.6 Å². The Bertz CT molecular complexity index is 275. The lowest BCUT2D eigenvalue weighted by atomic mass is 10.3. The Labute approximate surface area is 97.5 Å². The second-order valence-corrected chi connectivity index (χ2v) is 3.45. The molecule has 1 heterocycles. The molecule has 1 N–H and O–H groups in total. The summed E-state index contributed by atoms with van der Waals surface area (Å²) in [6, 6.07) is 1.65. The number of carbonyl (C=O) groups excluding carboxylic acids is 1. The SMILES string of the molecule is CCC.CCCCNC(=O)c1ccnnc1. The molecule has 1 aromatic heterocycles. The molecule has 0 bridgehead atoms. The predicted molar refractivity (Wildman–Crippen MR) is 65.2 cm³/mol. The Balaban J connectivity index is 0.000000673. The molecule has 1 amide bonds. The van der Waals surface area contributed by atoms with Crippen LogP contribution in [-0.2, 0) is 0 Å². The van der Waals surface area contributed by atoms with Gasteiger partial charge in [0, 0.05) is 6.54 Å². The fourth-order valence-corrected chi connectivity index (χ4v) is 0.906. The van der Waals surface area contributed by atoms with Crippen LogP contribution in [-0.4, -0.2) is 22.6 Å². The third-order valence-electron chi connectivity index (χ3n) is 1.66. The van der Waals surface area contributed by atoms with Gasteiger partial charge in [-0.25, -0.2) is 0 Å². The predicted octanol–water partition coefficient (Wildman–Crippen LogP) is 2.42. The smallest absolute Gasteiger partial charge is 0.252 e. The summed E-state index contributed by atoms with van der Waals surface area (Å²) < 4.78 is 0. The maximum atomic E-state index is 11.3. The summed E-state index contributed by atoms with van der Waals surface area (Å²) in [5, 5.41) is 10.0. The maximum absolute atomic E-state index is 11.3. The Morgan fingerprint density at radius 1 is 1.31 bits per heavy atom. The van der Waals surface area contributed by atoms with Crippen molar-refractivity contribution in [3.63, 3.8) is 0 Å². The lowest BCUT2D eigenvalue weighted by molar-refractivity contribution is 0.0952. The molecule has 1 rings (SSSR count). The van der Waals surface area contributed by atoms with Crippen molar-refractivity contribution in [1.29, 1.82) is 0 Å². The summed E-state index contributed by atoms with van der Waals surface area (Å²) in [6.45, 7) is 7.05. The molecule has 0 spiro atoms. The van der Waals surface area contributed by atoms with Crippen molar-refractivity contribution in [2.75, 3.05) is 6.54 Å². The standard InChI is InChI=1S/C9H13N3O.C3H8/c1-2-3-5-10-9(13)8-4-6-11-12-7-8;1-3-2/h4,6-7H,2-3,5H2,1H3,(H,10,13);3H2,1-2H3. The Morgan fingerprint density at radius 2 is 2.00 bits per heavy atom. The van der Waals surface area contributed by atoms with Gasteiger partial charge in [-0.2, -0.15) is 10.2 Å². The zero-order valence-corrected chi connectivity index (χ0v) is 10.4. The van der Waals surface area contributed by atoms with Gasteiger partial charge in [0.1, 0.15) is 0 Å². The van der Waals surface area contributed by atoms with Gasteiger partial charge in [0.25, 0.3) is 5.91 Å². The van der Waals surface area contributed by atoms with Crippen molar-refractivity contribution in [2.24, 2.45) is 0 Å². The molecular formula is C12H21N3O. The van der Waals surface area contributed by atoms with Crippen LogP contribution in [0.5, 0.6) is 0 Å². The highest BCUT2D eigenvalue weighted by molar-refractivity contribution is 5.93. The van der Waals surface area contributed by atoms with Gasteiger partial charge in [0.05, 0.1) is 18.0 Å². The average Bonchev–Trinajstić information content (AvgIpc) is 2.31. The fourth-order valence-electron chi connectivity index (χ4n) is 0.906. The lowest BCUT2D eigenvalue weighted by Crippen LogP contribution is -2.24. The van der Waals surface area contributed by atoms with Crippen LogP contribution in [0, 0.1) is 0 Å². The molecule has 0 aromatic carbocycles. The third kappa shape index (κ3) is 6.92. The molecule has 16 heavy (non-hydrogen) atoms. The van der Waals surface area contributed by atoms with Gasteiger partial charge in [0.15, 0.2) is 0 Å². The summed E-state index contributed by atoms with van der Waals surface area (Å²) in [4.78, 5) is 11.3. The first-order chi connectivity index (χ1) is 7.76.